The first-order valence-electron chi connectivity index (χ1n) is 12.4. The number of benzene rings is 2. The molecule has 0 saturated heterocycles. The van der Waals surface area contributed by atoms with Gasteiger partial charge in [-0.25, -0.2) is 13.6 Å². The van der Waals surface area contributed by atoms with Crippen LogP contribution in [0, 0.1) is 0 Å². The number of sulfonamides is 1. The van der Waals surface area contributed by atoms with Crippen molar-refractivity contribution in [3.63, 3.8) is 0 Å². The molecule has 0 fully saturated rings. The molecule has 9 heteroatoms. The number of primary sulfonamides is 1. The fraction of sp³-hybridized carbons (Fsp3) is 0.393. The van der Waals surface area contributed by atoms with Crippen molar-refractivity contribution in [3.8, 4) is 11.5 Å². The Hall–Kier alpha value is -3.30. The number of carbonyl (C=O) groups is 1. The molecule has 0 aromatic heterocycles. The van der Waals surface area contributed by atoms with Crippen LogP contribution in [0.4, 0.5) is 5.69 Å². The minimum atomic E-state index is -4.15. The van der Waals surface area contributed by atoms with Crippen molar-refractivity contribution < 1.29 is 22.7 Å². The van der Waals surface area contributed by atoms with Crippen LogP contribution >= 0.6 is 0 Å². The number of allylic oxidation sites excluding steroid dienone is 1. The van der Waals surface area contributed by atoms with Gasteiger partial charge < -0.3 is 19.3 Å². The summed E-state index contributed by atoms with van der Waals surface area (Å²) in [6.45, 7) is 10.8. The summed E-state index contributed by atoms with van der Waals surface area (Å²) in [5.74, 6) is 0.339. The molecule has 0 aliphatic carbocycles. The first-order valence-corrected chi connectivity index (χ1v) is 13.9. The Labute approximate surface area is 222 Å². The van der Waals surface area contributed by atoms with Crippen LogP contribution in [0.3, 0.4) is 0 Å². The van der Waals surface area contributed by atoms with Crippen molar-refractivity contribution in [2.24, 2.45) is 5.14 Å². The topological polar surface area (TPSA) is 102 Å². The monoisotopic (exact) mass is 531 g/mol. The Morgan fingerprint density at radius 2 is 1.65 bits per heavy atom. The Kier molecular flexibility index (Phi) is 14.1. The molecule has 0 bridgehead atoms. The maximum Gasteiger partial charge on any atom is 0.253 e. The third kappa shape index (κ3) is 10.7. The molecule has 0 unspecified atom stereocenters. The molecule has 2 rings (SSSR count). The second-order valence-electron chi connectivity index (χ2n) is 8.45. The van der Waals surface area contributed by atoms with Gasteiger partial charge in [0.05, 0.1) is 18.2 Å². The average molecular weight is 532 g/mol. The summed E-state index contributed by atoms with van der Waals surface area (Å²) in [6.07, 6.45) is 8.54. The Bertz CT molecular complexity index is 1110. The molecule has 204 valence electrons. The second kappa shape index (κ2) is 16.4. The van der Waals surface area contributed by atoms with Gasteiger partial charge in [-0.1, -0.05) is 57.5 Å². The van der Waals surface area contributed by atoms with Crippen molar-refractivity contribution in [3.05, 3.63) is 73.2 Å². The molecule has 37 heavy (non-hydrogen) atoms. The van der Waals surface area contributed by atoms with E-state index in [0.29, 0.717) is 24.5 Å². The molecule has 2 N–H and O–H groups in total. The van der Waals surface area contributed by atoms with E-state index in [-0.39, 0.29) is 22.1 Å². The number of para-hydroxylation sites is 1. The summed E-state index contributed by atoms with van der Waals surface area (Å²) in [5, 5.41) is 5.57. The van der Waals surface area contributed by atoms with Crippen molar-refractivity contribution >= 4 is 21.6 Å². The van der Waals surface area contributed by atoms with Crippen molar-refractivity contribution in [1.29, 1.82) is 0 Å². The van der Waals surface area contributed by atoms with E-state index in [1.165, 1.54) is 17.2 Å². The highest BCUT2D eigenvalue weighted by atomic mass is 32.2. The molecule has 0 atom stereocenters. The largest absolute Gasteiger partial charge is 0.474 e. The molecule has 0 aliphatic rings. The smallest absolute Gasteiger partial charge is 0.253 e. The zero-order valence-electron chi connectivity index (χ0n) is 22.6. The van der Waals surface area contributed by atoms with Crippen molar-refractivity contribution in [1.82, 2.24) is 4.90 Å². The second-order valence-corrected chi connectivity index (χ2v) is 9.98. The van der Waals surface area contributed by atoms with Gasteiger partial charge in [0.15, 0.2) is 5.75 Å². The zero-order chi connectivity index (χ0) is 27.8. The minimum Gasteiger partial charge on any atom is -0.474 e. The van der Waals surface area contributed by atoms with Crippen molar-refractivity contribution in [2.75, 3.05) is 32.1 Å². The van der Waals surface area contributed by atoms with E-state index in [9.17, 15) is 13.2 Å². The van der Waals surface area contributed by atoms with Gasteiger partial charge in [-0.15, -0.1) is 0 Å². The Morgan fingerprint density at radius 1 is 1.05 bits per heavy atom. The number of amides is 1. The maximum atomic E-state index is 12.7. The number of hydrogen-bond acceptors (Lipinski definition) is 6. The van der Waals surface area contributed by atoms with Crippen LogP contribution in [0.5, 0.6) is 11.5 Å². The van der Waals surface area contributed by atoms with Gasteiger partial charge in [0, 0.05) is 32.7 Å². The quantitative estimate of drug-likeness (QED) is 0.322. The van der Waals surface area contributed by atoms with Crippen LogP contribution < -0.4 is 14.8 Å². The fourth-order valence-electron chi connectivity index (χ4n) is 3.31. The number of nitrogens with two attached hydrogens (primary N) is 1. The SMILES string of the molecule is C=CO/C=C\C.CCCCN(CCCC)c1cc(C(=O)N(C)C)cc(S(N)(=O)=O)c1Oc1ccccc1. The van der Waals surface area contributed by atoms with E-state index >= 15 is 0 Å². The molecule has 8 nitrogen and oxygen atoms in total. The molecule has 0 aliphatic heterocycles. The number of hydrogen-bond donors (Lipinski definition) is 1. The number of ether oxygens (including phenoxy) is 2. The Morgan fingerprint density at radius 3 is 2.08 bits per heavy atom. The van der Waals surface area contributed by atoms with Gasteiger partial charge >= 0.3 is 0 Å². The summed E-state index contributed by atoms with van der Waals surface area (Å²) in [6, 6.07) is 12.0. The molecule has 0 heterocycles. The molecule has 1 amide bonds. The molecular weight excluding hydrogens is 490 g/mol. The molecule has 2 aromatic rings. The maximum absolute atomic E-state index is 12.7. The predicted octanol–water partition coefficient (Wildman–Crippen LogP) is 5.91. The van der Waals surface area contributed by atoms with Gasteiger partial charge in [-0.3, -0.25) is 4.79 Å². The number of anilines is 1. The standard InChI is InChI=1S/C23H33N3O4S.C5H8O/c1-5-7-14-26(15-8-6-2)20-16-18(23(27)25(3)4)17-21(31(24,28)29)22(20)30-19-12-10-9-11-13-19;1-3-5-6-4-2/h9-13,16-17H,5-8,14-15H2,1-4H3,(H2,24,28,29);3-5H,2H2,1H3/b;5-3-. The zero-order valence-corrected chi connectivity index (χ0v) is 23.5. The number of unbranched alkanes of at least 4 members (excludes halogenated alkanes) is 2. The van der Waals surface area contributed by atoms with E-state index in [1.54, 1.807) is 44.6 Å². The van der Waals surface area contributed by atoms with Gasteiger partial charge in [-0.2, -0.15) is 0 Å². The normalized spacial score (nSPS) is 10.9. The fourth-order valence-corrected chi connectivity index (χ4v) is 4.01. The Balaban J connectivity index is 0.00000102. The van der Waals surface area contributed by atoms with E-state index in [1.807, 2.05) is 25.1 Å². The first-order chi connectivity index (χ1) is 17.6. The first kappa shape index (κ1) is 31.7. The van der Waals surface area contributed by atoms with Gasteiger partial charge in [0.2, 0.25) is 10.0 Å². The van der Waals surface area contributed by atoms with Crippen LogP contribution in [-0.2, 0) is 14.8 Å². The predicted molar refractivity (Wildman–Crippen MR) is 150 cm³/mol. The summed E-state index contributed by atoms with van der Waals surface area (Å²) in [7, 11) is -0.907. The third-order valence-electron chi connectivity index (χ3n) is 5.17. The lowest BCUT2D eigenvalue weighted by atomic mass is 10.1. The van der Waals surface area contributed by atoms with Gasteiger partial charge in [-0.05, 0) is 44.0 Å². The van der Waals surface area contributed by atoms with Crippen LogP contribution in [0.15, 0.2) is 72.5 Å². The number of carbonyl (C=O) groups excluding carboxylic acids is 1. The molecule has 2 aromatic carbocycles. The number of rotatable bonds is 13. The lowest BCUT2D eigenvalue weighted by Crippen LogP contribution is -2.28. The molecule has 0 spiro atoms. The highest BCUT2D eigenvalue weighted by Gasteiger charge is 2.26. The minimum absolute atomic E-state index is 0.149. The third-order valence-corrected chi connectivity index (χ3v) is 6.09. The highest BCUT2D eigenvalue weighted by Crippen LogP contribution is 2.39. The highest BCUT2D eigenvalue weighted by molar-refractivity contribution is 7.89. The van der Waals surface area contributed by atoms with Crippen LogP contribution in [0.2, 0.25) is 0 Å². The summed E-state index contributed by atoms with van der Waals surface area (Å²) >= 11 is 0. The molecule has 0 radical (unpaired) electrons. The average Bonchev–Trinajstić information content (AvgIpc) is 2.87. The summed E-state index contributed by atoms with van der Waals surface area (Å²) < 4.78 is 35.7. The van der Waals surface area contributed by atoms with E-state index < -0.39 is 10.0 Å². The number of nitrogens with zero attached hydrogens (tertiary/aromatic N) is 2. The molecular formula is C28H41N3O5S. The van der Waals surface area contributed by atoms with E-state index in [2.05, 4.69) is 30.1 Å². The lowest BCUT2D eigenvalue weighted by Gasteiger charge is -2.28. The van der Waals surface area contributed by atoms with Crippen molar-refractivity contribution in [2.45, 2.75) is 51.3 Å². The lowest BCUT2D eigenvalue weighted by molar-refractivity contribution is 0.0827. The van der Waals surface area contributed by atoms with Crippen LogP contribution in [0.25, 0.3) is 0 Å². The van der Waals surface area contributed by atoms with Gasteiger partial charge in [0.25, 0.3) is 5.91 Å². The van der Waals surface area contributed by atoms with E-state index in [0.717, 1.165) is 25.7 Å². The summed E-state index contributed by atoms with van der Waals surface area (Å²) in [5.41, 5.74) is 0.810. The van der Waals surface area contributed by atoms with Crippen LogP contribution in [0.1, 0.15) is 56.8 Å². The summed E-state index contributed by atoms with van der Waals surface area (Å²) in [4.78, 5) is 16.0. The van der Waals surface area contributed by atoms with Gasteiger partial charge in [0.1, 0.15) is 10.6 Å². The van der Waals surface area contributed by atoms with Crippen LogP contribution in [-0.4, -0.2) is 46.4 Å². The van der Waals surface area contributed by atoms with E-state index in [4.69, 9.17) is 9.88 Å². The molecule has 0 saturated carbocycles.